The van der Waals surface area contributed by atoms with E-state index in [1.54, 1.807) is 0 Å². The van der Waals surface area contributed by atoms with Crippen molar-refractivity contribution in [2.45, 2.75) is 39.5 Å². The Morgan fingerprint density at radius 3 is 2.50 bits per heavy atom. The predicted molar refractivity (Wildman–Crippen MR) is 64.5 cm³/mol. The quantitative estimate of drug-likeness (QED) is 0.694. The third-order valence-corrected chi connectivity index (χ3v) is 2.48. The van der Waals surface area contributed by atoms with Crippen molar-refractivity contribution < 1.29 is 9.53 Å². The molecule has 0 saturated carbocycles. The molecule has 0 radical (unpaired) electrons. The number of nitrogens with zero attached hydrogens (tertiary/aromatic N) is 1. The molecule has 5 heteroatoms. The van der Waals surface area contributed by atoms with Crippen LogP contribution in [0.5, 0.6) is 0 Å². The summed E-state index contributed by atoms with van der Waals surface area (Å²) in [5, 5.41) is 0. The van der Waals surface area contributed by atoms with Crippen molar-refractivity contribution in [3.8, 4) is 0 Å². The Morgan fingerprint density at radius 1 is 1.43 bits per heavy atom. The fourth-order valence-electron chi connectivity index (χ4n) is 1.14. The molecule has 0 aromatic carbocycles. The summed E-state index contributed by atoms with van der Waals surface area (Å²) in [6, 6.07) is 0. The molecule has 0 aromatic heterocycles. The van der Waals surface area contributed by atoms with Gasteiger partial charge in [0.15, 0.2) is 0 Å². The van der Waals surface area contributed by atoms with Crippen LogP contribution in [-0.2, 0) is 4.74 Å². The lowest BCUT2D eigenvalue weighted by molar-refractivity contribution is 0.119. The van der Waals surface area contributed by atoms with Gasteiger partial charge in [-0.1, -0.05) is 33.1 Å². The Morgan fingerprint density at radius 2 is 2.07 bits per heavy atom. The van der Waals surface area contributed by atoms with Crippen LogP contribution in [0.4, 0.5) is 4.79 Å². The minimum Gasteiger partial charge on any atom is -0.448 e. The second kappa shape index (κ2) is 8.29. The summed E-state index contributed by atoms with van der Waals surface area (Å²) in [5.74, 6) is 0.459. The molecule has 14 heavy (non-hydrogen) atoms. The van der Waals surface area contributed by atoms with Crippen molar-refractivity contribution in [1.29, 1.82) is 0 Å². The average Bonchev–Trinajstić information content (AvgIpc) is 2.17. The molecule has 0 rings (SSSR count). The highest BCUT2D eigenvalue weighted by Gasteiger charge is 2.11. The molecule has 1 unspecified atom stereocenters. The largest absolute Gasteiger partial charge is 0.448 e. The molecule has 0 spiro atoms. The van der Waals surface area contributed by atoms with Gasteiger partial charge in [0.2, 0.25) is 0 Å². The third-order valence-electron chi connectivity index (χ3n) is 2.15. The van der Waals surface area contributed by atoms with E-state index in [0.717, 1.165) is 16.6 Å². The minimum atomic E-state index is -0.508. The van der Waals surface area contributed by atoms with Crippen LogP contribution in [0.3, 0.4) is 0 Å². The standard InChI is InChI=1S/C9H19NO2S2/c1-3-5-6-8(4-2)7-12-9(11)10(13)14/h8,13-14H,3-7H2,1-2H3. The average molecular weight is 237 g/mol. The molecule has 84 valence electrons. The maximum Gasteiger partial charge on any atom is 0.429 e. The Hall–Kier alpha value is -0.0300. The van der Waals surface area contributed by atoms with Gasteiger partial charge in [-0.05, 0) is 38.0 Å². The number of hydrogen-bond acceptors (Lipinski definition) is 4. The summed E-state index contributed by atoms with van der Waals surface area (Å²) in [7, 11) is 0. The van der Waals surface area contributed by atoms with E-state index in [2.05, 4.69) is 39.5 Å². The number of carbonyl (C=O) groups excluding carboxylic acids is 1. The normalized spacial score (nSPS) is 12.3. The molecule has 0 fully saturated rings. The molecule has 0 N–H and O–H groups in total. The molecule has 0 aliphatic carbocycles. The van der Waals surface area contributed by atoms with E-state index < -0.39 is 6.09 Å². The van der Waals surface area contributed by atoms with Crippen LogP contribution in [0.25, 0.3) is 0 Å². The Kier molecular flexibility index (Phi) is 8.27. The lowest BCUT2D eigenvalue weighted by Gasteiger charge is -2.15. The summed E-state index contributed by atoms with van der Waals surface area (Å²) >= 11 is 7.44. The Bertz CT molecular complexity index is 165. The molecule has 0 aliphatic rings. The number of ether oxygens (including phenoxy) is 1. The number of hydrogen-bond donors (Lipinski definition) is 2. The van der Waals surface area contributed by atoms with Crippen LogP contribution >= 0.6 is 25.6 Å². The first-order valence-corrected chi connectivity index (χ1v) is 5.76. The van der Waals surface area contributed by atoms with Gasteiger partial charge in [-0.15, -0.1) is 0 Å². The van der Waals surface area contributed by atoms with E-state index in [1.807, 2.05) is 0 Å². The van der Waals surface area contributed by atoms with Crippen LogP contribution < -0.4 is 0 Å². The molecule has 0 bridgehead atoms. The Labute approximate surface area is 97.3 Å². The highest BCUT2D eigenvalue weighted by Crippen LogP contribution is 2.13. The third kappa shape index (κ3) is 6.43. The fourth-order valence-corrected chi connectivity index (χ4v) is 1.26. The summed E-state index contributed by atoms with van der Waals surface area (Å²) in [5.41, 5.74) is 0. The summed E-state index contributed by atoms with van der Waals surface area (Å²) < 4.78 is 5.84. The van der Waals surface area contributed by atoms with E-state index in [4.69, 9.17) is 4.74 Å². The zero-order chi connectivity index (χ0) is 11.0. The molecule has 3 nitrogen and oxygen atoms in total. The number of unbranched alkanes of at least 4 members (excludes halogenated alkanes) is 1. The minimum absolute atomic E-state index is 0.459. The molecule has 0 heterocycles. The second-order valence-electron chi connectivity index (χ2n) is 3.28. The predicted octanol–water partition coefficient (Wildman–Crippen LogP) is 3.33. The van der Waals surface area contributed by atoms with E-state index in [1.165, 1.54) is 12.8 Å². The van der Waals surface area contributed by atoms with Gasteiger partial charge in [0.25, 0.3) is 0 Å². The highest BCUT2D eigenvalue weighted by atomic mass is 32.2. The molecular formula is C9H19NO2S2. The van der Waals surface area contributed by atoms with E-state index >= 15 is 0 Å². The van der Waals surface area contributed by atoms with E-state index in [9.17, 15) is 4.79 Å². The highest BCUT2D eigenvalue weighted by molar-refractivity contribution is 7.94. The van der Waals surface area contributed by atoms with Gasteiger partial charge in [0, 0.05) is 0 Å². The summed E-state index contributed by atoms with van der Waals surface area (Å²) in [6.07, 6.45) is 4.00. The number of carbonyl (C=O) groups is 1. The number of thiol groups is 2. The van der Waals surface area contributed by atoms with Gasteiger partial charge in [0.1, 0.15) is 0 Å². The first kappa shape index (κ1) is 14.0. The molecular weight excluding hydrogens is 218 g/mol. The van der Waals surface area contributed by atoms with Crippen molar-refractivity contribution in [2.24, 2.45) is 5.92 Å². The van der Waals surface area contributed by atoms with Gasteiger partial charge in [-0.2, -0.15) is 3.71 Å². The molecule has 0 aromatic rings. The van der Waals surface area contributed by atoms with Crippen molar-refractivity contribution in [3.63, 3.8) is 0 Å². The van der Waals surface area contributed by atoms with Crippen LogP contribution in [0, 0.1) is 5.92 Å². The van der Waals surface area contributed by atoms with Crippen molar-refractivity contribution >= 4 is 31.7 Å². The fraction of sp³-hybridized carbons (Fsp3) is 0.889. The lowest BCUT2D eigenvalue weighted by Crippen LogP contribution is -2.18. The maximum atomic E-state index is 11.0. The zero-order valence-corrected chi connectivity index (χ0v) is 10.6. The van der Waals surface area contributed by atoms with Crippen molar-refractivity contribution in [3.05, 3.63) is 0 Å². The van der Waals surface area contributed by atoms with Gasteiger partial charge in [-0.25, -0.2) is 4.79 Å². The zero-order valence-electron chi connectivity index (χ0n) is 8.77. The van der Waals surface area contributed by atoms with E-state index in [0.29, 0.717) is 12.5 Å². The smallest absolute Gasteiger partial charge is 0.429 e. The first-order chi connectivity index (χ1) is 6.61. The number of amides is 1. The van der Waals surface area contributed by atoms with Crippen LogP contribution in [0.2, 0.25) is 0 Å². The van der Waals surface area contributed by atoms with Crippen molar-refractivity contribution in [2.75, 3.05) is 6.61 Å². The molecule has 1 atom stereocenters. The molecule has 0 aliphatic heterocycles. The maximum absolute atomic E-state index is 11.0. The van der Waals surface area contributed by atoms with Gasteiger partial charge < -0.3 is 4.74 Å². The van der Waals surface area contributed by atoms with Crippen LogP contribution in [0.15, 0.2) is 0 Å². The summed E-state index contributed by atoms with van der Waals surface area (Å²) in [4.78, 5) is 11.0. The Balaban J connectivity index is 3.66. The van der Waals surface area contributed by atoms with Crippen molar-refractivity contribution in [1.82, 2.24) is 3.71 Å². The van der Waals surface area contributed by atoms with Crippen LogP contribution in [0.1, 0.15) is 39.5 Å². The molecule has 1 amide bonds. The summed E-state index contributed by atoms with van der Waals surface area (Å²) in [6.45, 7) is 4.72. The number of rotatable bonds is 6. The van der Waals surface area contributed by atoms with E-state index in [-0.39, 0.29) is 0 Å². The first-order valence-electron chi connectivity index (χ1n) is 4.96. The van der Waals surface area contributed by atoms with Crippen LogP contribution in [-0.4, -0.2) is 16.4 Å². The second-order valence-corrected chi connectivity index (χ2v) is 4.40. The molecule has 0 saturated heterocycles. The topological polar surface area (TPSA) is 29.5 Å². The lowest BCUT2D eigenvalue weighted by atomic mass is 10.0. The van der Waals surface area contributed by atoms with Gasteiger partial charge in [0.05, 0.1) is 6.61 Å². The monoisotopic (exact) mass is 237 g/mol. The van der Waals surface area contributed by atoms with Gasteiger partial charge >= 0.3 is 6.09 Å². The SMILES string of the molecule is CCCCC(CC)COC(=O)N(S)S. The van der Waals surface area contributed by atoms with Gasteiger partial charge in [-0.3, -0.25) is 0 Å².